The predicted molar refractivity (Wildman–Crippen MR) is 70.8 cm³/mol. The Morgan fingerprint density at radius 1 is 1.65 bits per heavy atom. The van der Waals surface area contributed by atoms with Crippen molar-refractivity contribution in [2.24, 2.45) is 5.73 Å². The van der Waals surface area contributed by atoms with Gasteiger partial charge in [-0.3, -0.25) is 4.79 Å². The van der Waals surface area contributed by atoms with E-state index in [1.165, 1.54) is 11.8 Å². The summed E-state index contributed by atoms with van der Waals surface area (Å²) in [5.74, 6) is 0.292. The zero-order valence-corrected chi connectivity index (χ0v) is 10.5. The number of benzene rings is 1. The van der Waals surface area contributed by atoms with Crippen LogP contribution in [0.4, 0.5) is 5.69 Å². The molecule has 5 heteroatoms. The van der Waals surface area contributed by atoms with Gasteiger partial charge in [-0.15, -0.1) is 11.8 Å². The van der Waals surface area contributed by atoms with E-state index in [4.69, 9.17) is 11.0 Å². The molecule has 0 saturated heterocycles. The van der Waals surface area contributed by atoms with Crippen LogP contribution in [0.2, 0.25) is 0 Å². The minimum absolute atomic E-state index is 0.0783. The van der Waals surface area contributed by atoms with E-state index >= 15 is 0 Å². The molecule has 0 aliphatic carbocycles. The number of amides is 1. The van der Waals surface area contributed by atoms with E-state index in [1.54, 1.807) is 24.3 Å². The molecule has 3 N–H and O–H groups in total. The third kappa shape index (κ3) is 4.89. The molecule has 1 unspecified atom stereocenters. The van der Waals surface area contributed by atoms with Gasteiger partial charge < -0.3 is 11.1 Å². The highest BCUT2D eigenvalue weighted by Crippen LogP contribution is 2.12. The zero-order valence-electron chi connectivity index (χ0n) is 9.64. The first-order chi connectivity index (χ1) is 8.15. The summed E-state index contributed by atoms with van der Waals surface area (Å²) in [5, 5.41) is 11.7. The summed E-state index contributed by atoms with van der Waals surface area (Å²) >= 11 is 1.51. The highest BCUT2D eigenvalue weighted by molar-refractivity contribution is 8.00. The van der Waals surface area contributed by atoms with E-state index in [2.05, 4.69) is 5.32 Å². The average molecular weight is 249 g/mol. The Kier molecular flexibility index (Phi) is 5.53. The number of carbonyl (C=O) groups is 1. The van der Waals surface area contributed by atoms with Crippen LogP contribution in [0.15, 0.2) is 24.3 Å². The molecule has 4 nitrogen and oxygen atoms in total. The number of nitrogens with one attached hydrogen (secondary N) is 1. The van der Waals surface area contributed by atoms with Crippen molar-refractivity contribution in [2.75, 3.05) is 17.6 Å². The van der Waals surface area contributed by atoms with Crippen LogP contribution in [0.25, 0.3) is 0 Å². The number of anilines is 1. The highest BCUT2D eigenvalue weighted by atomic mass is 32.2. The summed E-state index contributed by atoms with van der Waals surface area (Å²) in [6, 6.07) is 8.87. The number of nitrogens with zero attached hydrogens (tertiary/aromatic N) is 1. The molecule has 0 radical (unpaired) electrons. The molecule has 0 bridgehead atoms. The summed E-state index contributed by atoms with van der Waals surface area (Å²) in [4.78, 5) is 11.6. The molecule has 0 saturated carbocycles. The van der Waals surface area contributed by atoms with E-state index in [0.717, 1.165) is 0 Å². The van der Waals surface area contributed by atoms with Crippen LogP contribution < -0.4 is 11.1 Å². The zero-order chi connectivity index (χ0) is 12.7. The lowest BCUT2D eigenvalue weighted by molar-refractivity contribution is -0.113. The van der Waals surface area contributed by atoms with Crippen molar-refractivity contribution in [3.05, 3.63) is 29.8 Å². The van der Waals surface area contributed by atoms with Gasteiger partial charge in [-0.2, -0.15) is 5.26 Å². The highest BCUT2D eigenvalue weighted by Gasteiger charge is 2.06. The van der Waals surface area contributed by atoms with Crippen molar-refractivity contribution in [3.63, 3.8) is 0 Å². The first-order valence-electron chi connectivity index (χ1n) is 5.27. The molecule has 0 fully saturated rings. The fourth-order valence-electron chi connectivity index (χ4n) is 1.15. The molecule has 17 heavy (non-hydrogen) atoms. The van der Waals surface area contributed by atoms with Crippen molar-refractivity contribution < 1.29 is 4.79 Å². The second kappa shape index (κ2) is 6.94. The predicted octanol–water partition coefficient (Wildman–Crippen LogP) is 1.58. The smallest absolute Gasteiger partial charge is 0.234 e. The molecule has 1 aromatic rings. The van der Waals surface area contributed by atoms with E-state index in [1.807, 2.05) is 13.0 Å². The van der Waals surface area contributed by atoms with Gasteiger partial charge in [-0.25, -0.2) is 0 Å². The van der Waals surface area contributed by atoms with Gasteiger partial charge in [0.05, 0.1) is 17.4 Å². The minimum atomic E-state index is -0.0783. The van der Waals surface area contributed by atoms with Crippen molar-refractivity contribution in [1.82, 2.24) is 0 Å². The average Bonchev–Trinajstić information content (AvgIpc) is 2.36. The molecular formula is C12H15N3OS. The molecule has 0 heterocycles. The largest absolute Gasteiger partial charge is 0.329 e. The Morgan fingerprint density at radius 2 is 2.41 bits per heavy atom. The van der Waals surface area contributed by atoms with E-state index in [0.29, 0.717) is 23.5 Å². The van der Waals surface area contributed by atoms with Crippen molar-refractivity contribution in [1.29, 1.82) is 5.26 Å². The molecule has 1 rings (SSSR count). The molecule has 1 aromatic carbocycles. The molecule has 1 atom stereocenters. The molecule has 0 aromatic heterocycles. The van der Waals surface area contributed by atoms with Gasteiger partial charge in [0.15, 0.2) is 0 Å². The monoisotopic (exact) mass is 249 g/mol. The molecular weight excluding hydrogens is 234 g/mol. The van der Waals surface area contributed by atoms with E-state index < -0.39 is 0 Å². The minimum Gasteiger partial charge on any atom is -0.329 e. The van der Waals surface area contributed by atoms with Crippen LogP contribution in [-0.4, -0.2) is 23.5 Å². The number of thioether (sulfide) groups is 1. The van der Waals surface area contributed by atoms with E-state index in [-0.39, 0.29) is 11.2 Å². The third-order valence-electron chi connectivity index (χ3n) is 2.11. The van der Waals surface area contributed by atoms with Crippen LogP contribution in [0, 0.1) is 11.3 Å². The van der Waals surface area contributed by atoms with Crippen LogP contribution in [0.5, 0.6) is 0 Å². The Hall–Kier alpha value is -1.51. The summed E-state index contributed by atoms with van der Waals surface area (Å²) in [7, 11) is 0. The SMILES string of the molecule is CC(CN)SCC(=O)Nc1cccc(C#N)c1. The van der Waals surface area contributed by atoms with Crippen LogP contribution >= 0.6 is 11.8 Å². The summed E-state index contributed by atoms with van der Waals surface area (Å²) in [5.41, 5.74) is 6.64. The molecule has 0 spiro atoms. The maximum absolute atomic E-state index is 11.6. The normalized spacial score (nSPS) is 11.6. The Labute approximate surface area is 105 Å². The Balaban J connectivity index is 2.48. The lowest BCUT2D eigenvalue weighted by Gasteiger charge is -2.08. The van der Waals surface area contributed by atoms with Crippen LogP contribution in [-0.2, 0) is 4.79 Å². The van der Waals surface area contributed by atoms with Gasteiger partial charge in [0.1, 0.15) is 0 Å². The standard InChI is InChI=1S/C12H15N3OS/c1-9(6-13)17-8-12(16)15-11-4-2-3-10(5-11)7-14/h2-5,9H,6,8,13H2,1H3,(H,15,16). The van der Waals surface area contributed by atoms with Gasteiger partial charge in [0.25, 0.3) is 0 Å². The topological polar surface area (TPSA) is 78.9 Å². The lowest BCUT2D eigenvalue weighted by Crippen LogP contribution is -2.19. The van der Waals surface area contributed by atoms with Crippen molar-refractivity contribution in [3.8, 4) is 6.07 Å². The first-order valence-corrected chi connectivity index (χ1v) is 6.32. The lowest BCUT2D eigenvalue weighted by atomic mass is 10.2. The second-order valence-electron chi connectivity index (χ2n) is 3.60. The summed E-state index contributed by atoms with van der Waals surface area (Å²) in [6.07, 6.45) is 0. The third-order valence-corrected chi connectivity index (χ3v) is 3.30. The first kappa shape index (κ1) is 13.6. The molecule has 90 valence electrons. The van der Waals surface area contributed by atoms with Crippen LogP contribution in [0.3, 0.4) is 0 Å². The fraction of sp³-hybridized carbons (Fsp3) is 0.333. The molecule has 0 aliphatic rings. The van der Waals surface area contributed by atoms with Gasteiger partial charge in [-0.05, 0) is 18.2 Å². The number of hydrogen-bond donors (Lipinski definition) is 2. The Morgan fingerprint density at radius 3 is 3.06 bits per heavy atom. The number of rotatable bonds is 5. The van der Waals surface area contributed by atoms with Gasteiger partial charge >= 0.3 is 0 Å². The summed E-state index contributed by atoms with van der Waals surface area (Å²) in [6.45, 7) is 2.54. The van der Waals surface area contributed by atoms with Gasteiger partial charge in [0, 0.05) is 17.5 Å². The maximum atomic E-state index is 11.6. The number of nitrogens with two attached hydrogens (primary N) is 1. The summed E-state index contributed by atoms with van der Waals surface area (Å²) < 4.78 is 0. The fourth-order valence-corrected chi connectivity index (χ4v) is 1.79. The van der Waals surface area contributed by atoms with E-state index in [9.17, 15) is 4.79 Å². The molecule has 1 amide bonds. The van der Waals surface area contributed by atoms with Crippen molar-refractivity contribution >= 4 is 23.4 Å². The Bertz CT molecular complexity index is 428. The second-order valence-corrected chi connectivity index (χ2v) is 5.02. The van der Waals surface area contributed by atoms with Crippen LogP contribution in [0.1, 0.15) is 12.5 Å². The maximum Gasteiger partial charge on any atom is 0.234 e. The molecule has 0 aliphatic heterocycles. The van der Waals surface area contributed by atoms with Gasteiger partial charge in [0.2, 0.25) is 5.91 Å². The number of carbonyl (C=O) groups excluding carboxylic acids is 1. The quantitative estimate of drug-likeness (QED) is 0.830. The number of hydrogen-bond acceptors (Lipinski definition) is 4. The van der Waals surface area contributed by atoms with Gasteiger partial charge in [-0.1, -0.05) is 13.0 Å². The number of nitriles is 1. The van der Waals surface area contributed by atoms with Crippen molar-refractivity contribution in [2.45, 2.75) is 12.2 Å².